The fourth-order valence-corrected chi connectivity index (χ4v) is 4.50. The van der Waals surface area contributed by atoms with Crippen molar-refractivity contribution in [1.82, 2.24) is 10.3 Å². The monoisotopic (exact) mass is 434 g/mol. The molecule has 0 bridgehead atoms. The van der Waals surface area contributed by atoms with E-state index in [-0.39, 0.29) is 5.91 Å². The van der Waals surface area contributed by atoms with Gasteiger partial charge < -0.3 is 9.64 Å². The SMILES string of the molecule is COc1ccccc1N1CCN(Cc2ccc(C(=O)NN=C3CCCCCC3)cc2)CC1. The molecule has 1 saturated carbocycles. The van der Waals surface area contributed by atoms with Crippen molar-refractivity contribution in [3.8, 4) is 5.75 Å². The fraction of sp³-hybridized carbons (Fsp3) is 0.462. The number of carbonyl (C=O) groups is 1. The maximum absolute atomic E-state index is 12.5. The van der Waals surface area contributed by atoms with Gasteiger partial charge in [0.15, 0.2) is 0 Å². The smallest absolute Gasteiger partial charge is 0.271 e. The van der Waals surface area contributed by atoms with Crippen LogP contribution in [-0.2, 0) is 6.54 Å². The van der Waals surface area contributed by atoms with Gasteiger partial charge in [-0.1, -0.05) is 37.1 Å². The summed E-state index contributed by atoms with van der Waals surface area (Å²) < 4.78 is 5.51. The molecule has 1 aliphatic carbocycles. The van der Waals surface area contributed by atoms with E-state index in [9.17, 15) is 4.79 Å². The molecule has 0 aromatic heterocycles. The highest BCUT2D eigenvalue weighted by Gasteiger charge is 2.19. The zero-order valence-corrected chi connectivity index (χ0v) is 19.1. The Morgan fingerprint density at radius 3 is 2.31 bits per heavy atom. The van der Waals surface area contributed by atoms with Crippen molar-refractivity contribution in [3.05, 3.63) is 59.7 Å². The molecule has 1 N–H and O–H groups in total. The first-order valence-electron chi connectivity index (χ1n) is 11.8. The minimum atomic E-state index is -0.126. The van der Waals surface area contributed by atoms with Gasteiger partial charge in [0.1, 0.15) is 5.75 Å². The second-order valence-electron chi connectivity index (χ2n) is 8.67. The number of para-hydroxylation sites is 2. The number of amides is 1. The van der Waals surface area contributed by atoms with Gasteiger partial charge in [-0.05, 0) is 55.5 Å². The minimum absolute atomic E-state index is 0.126. The van der Waals surface area contributed by atoms with Crippen LogP contribution < -0.4 is 15.1 Å². The lowest BCUT2D eigenvalue weighted by atomic mass is 10.1. The van der Waals surface area contributed by atoms with E-state index in [0.29, 0.717) is 5.56 Å². The van der Waals surface area contributed by atoms with Gasteiger partial charge in [-0.3, -0.25) is 9.69 Å². The molecule has 2 aromatic rings. The van der Waals surface area contributed by atoms with E-state index in [1.807, 2.05) is 24.3 Å². The van der Waals surface area contributed by atoms with Crippen LogP contribution in [-0.4, -0.2) is 49.8 Å². The van der Waals surface area contributed by atoms with Gasteiger partial charge in [0.25, 0.3) is 5.91 Å². The number of piperazine rings is 1. The number of anilines is 1. The molecule has 2 aliphatic rings. The van der Waals surface area contributed by atoms with Crippen molar-refractivity contribution >= 4 is 17.3 Å². The third kappa shape index (κ3) is 5.88. The number of hydrogen-bond donors (Lipinski definition) is 1. The second-order valence-corrected chi connectivity index (χ2v) is 8.67. The van der Waals surface area contributed by atoms with Gasteiger partial charge in [0.2, 0.25) is 0 Å². The van der Waals surface area contributed by atoms with Crippen LogP contribution in [0.15, 0.2) is 53.6 Å². The molecule has 6 heteroatoms. The van der Waals surface area contributed by atoms with E-state index < -0.39 is 0 Å². The third-order valence-electron chi connectivity index (χ3n) is 6.42. The molecule has 0 spiro atoms. The number of carbonyl (C=O) groups excluding carboxylic acids is 1. The molecule has 1 saturated heterocycles. The zero-order valence-electron chi connectivity index (χ0n) is 19.1. The Bertz CT molecular complexity index is 908. The van der Waals surface area contributed by atoms with Crippen molar-refractivity contribution in [2.75, 3.05) is 38.2 Å². The summed E-state index contributed by atoms with van der Waals surface area (Å²) in [5.74, 6) is 0.803. The zero-order chi connectivity index (χ0) is 22.2. The Balaban J connectivity index is 1.27. The number of hydrazone groups is 1. The van der Waals surface area contributed by atoms with E-state index in [1.165, 1.54) is 31.2 Å². The highest BCUT2D eigenvalue weighted by atomic mass is 16.5. The highest BCUT2D eigenvalue weighted by Crippen LogP contribution is 2.28. The summed E-state index contributed by atoms with van der Waals surface area (Å²) in [7, 11) is 1.73. The first-order valence-corrected chi connectivity index (χ1v) is 11.8. The van der Waals surface area contributed by atoms with Crippen LogP contribution in [0.5, 0.6) is 5.75 Å². The Hall–Kier alpha value is -2.86. The first-order chi connectivity index (χ1) is 15.7. The number of ether oxygens (including phenoxy) is 1. The average Bonchev–Trinajstić information content (AvgIpc) is 3.12. The predicted molar refractivity (Wildman–Crippen MR) is 130 cm³/mol. The fourth-order valence-electron chi connectivity index (χ4n) is 4.50. The summed E-state index contributed by atoms with van der Waals surface area (Å²) >= 11 is 0. The summed E-state index contributed by atoms with van der Waals surface area (Å²) in [4.78, 5) is 17.3. The van der Waals surface area contributed by atoms with Gasteiger partial charge in [-0.15, -0.1) is 0 Å². The summed E-state index contributed by atoms with van der Waals surface area (Å²) in [5, 5.41) is 4.38. The molecular weight excluding hydrogens is 400 g/mol. The number of nitrogens with zero attached hydrogens (tertiary/aromatic N) is 3. The average molecular weight is 435 g/mol. The van der Waals surface area contributed by atoms with Crippen LogP contribution >= 0.6 is 0 Å². The van der Waals surface area contributed by atoms with Crippen LogP contribution in [0.4, 0.5) is 5.69 Å². The molecule has 4 rings (SSSR count). The van der Waals surface area contributed by atoms with Gasteiger partial charge in [-0.25, -0.2) is 5.43 Å². The Morgan fingerprint density at radius 1 is 0.938 bits per heavy atom. The van der Waals surface area contributed by atoms with Crippen LogP contribution in [0.2, 0.25) is 0 Å². The van der Waals surface area contributed by atoms with Crippen LogP contribution in [0.3, 0.4) is 0 Å². The molecule has 2 fully saturated rings. The number of benzene rings is 2. The van der Waals surface area contributed by atoms with Gasteiger partial charge in [-0.2, -0.15) is 5.10 Å². The van der Waals surface area contributed by atoms with E-state index in [0.717, 1.165) is 62.7 Å². The van der Waals surface area contributed by atoms with E-state index in [2.05, 4.69) is 44.6 Å². The number of methoxy groups -OCH3 is 1. The molecule has 2 aromatic carbocycles. The van der Waals surface area contributed by atoms with Crippen LogP contribution in [0.25, 0.3) is 0 Å². The highest BCUT2D eigenvalue weighted by molar-refractivity contribution is 5.95. The maximum atomic E-state index is 12.5. The van der Waals surface area contributed by atoms with Crippen LogP contribution in [0, 0.1) is 0 Å². The maximum Gasteiger partial charge on any atom is 0.271 e. The molecule has 0 atom stereocenters. The van der Waals surface area contributed by atoms with Gasteiger partial charge >= 0.3 is 0 Å². The van der Waals surface area contributed by atoms with E-state index >= 15 is 0 Å². The summed E-state index contributed by atoms with van der Waals surface area (Å²) in [6.07, 6.45) is 6.90. The van der Waals surface area contributed by atoms with Crippen molar-refractivity contribution in [2.24, 2.45) is 5.10 Å². The van der Waals surface area contributed by atoms with Crippen molar-refractivity contribution < 1.29 is 9.53 Å². The quantitative estimate of drug-likeness (QED) is 0.539. The number of rotatable bonds is 6. The largest absolute Gasteiger partial charge is 0.495 e. The van der Waals surface area contributed by atoms with E-state index in [4.69, 9.17) is 4.74 Å². The molecule has 6 nitrogen and oxygen atoms in total. The Kier molecular flexibility index (Phi) is 7.77. The number of nitrogens with one attached hydrogen (secondary N) is 1. The molecule has 0 unspecified atom stereocenters. The molecular formula is C26H34N4O2. The van der Waals surface area contributed by atoms with Crippen LogP contribution in [0.1, 0.15) is 54.4 Å². The Labute approximate surface area is 191 Å². The van der Waals surface area contributed by atoms with Crippen molar-refractivity contribution in [2.45, 2.75) is 45.1 Å². The lowest BCUT2D eigenvalue weighted by Crippen LogP contribution is -2.46. The third-order valence-corrected chi connectivity index (χ3v) is 6.42. The van der Waals surface area contributed by atoms with E-state index in [1.54, 1.807) is 7.11 Å². The summed E-state index contributed by atoms with van der Waals surface area (Å²) in [6, 6.07) is 16.1. The first kappa shape index (κ1) is 22.3. The molecule has 32 heavy (non-hydrogen) atoms. The predicted octanol–water partition coefficient (Wildman–Crippen LogP) is 4.46. The lowest BCUT2D eigenvalue weighted by Gasteiger charge is -2.36. The number of hydrogen-bond acceptors (Lipinski definition) is 5. The standard InChI is InChI=1S/C26H34N4O2/c1-32-25-11-7-6-10-24(25)30-18-16-29(17-19-30)20-21-12-14-22(15-13-21)26(31)28-27-23-8-4-2-3-5-9-23/h6-7,10-15H,2-5,8-9,16-20H2,1H3,(H,28,31). The summed E-state index contributed by atoms with van der Waals surface area (Å²) in [5.41, 5.74) is 6.92. The lowest BCUT2D eigenvalue weighted by molar-refractivity contribution is 0.0954. The molecule has 1 heterocycles. The minimum Gasteiger partial charge on any atom is -0.495 e. The summed E-state index contributed by atoms with van der Waals surface area (Å²) in [6.45, 7) is 4.84. The Morgan fingerprint density at radius 2 is 1.62 bits per heavy atom. The molecule has 170 valence electrons. The molecule has 1 aliphatic heterocycles. The van der Waals surface area contributed by atoms with Crippen molar-refractivity contribution in [3.63, 3.8) is 0 Å². The van der Waals surface area contributed by atoms with Gasteiger partial charge in [0.05, 0.1) is 12.8 Å². The molecule has 0 radical (unpaired) electrons. The van der Waals surface area contributed by atoms with Crippen molar-refractivity contribution in [1.29, 1.82) is 0 Å². The molecule has 1 amide bonds. The van der Waals surface area contributed by atoms with Gasteiger partial charge in [0, 0.05) is 44.0 Å². The topological polar surface area (TPSA) is 57.2 Å². The normalized spacial score (nSPS) is 17.5. The second kappa shape index (κ2) is 11.1.